The number of thiophene rings is 1. The molecule has 0 amide bonds. The molecular weight excluding hydrogens is 366 g/mol. The molecule has 1 N–H and O–H groups in total. The van der Waals surface area contributed by atoms with Crippen molar-refractivity contribution in [1.82, 2.24) is 5.32 Å². The van der Waals surface area contributed by atoms with E-state index in [0.717, 1.165) is 24.6 Å². The van der Waals surface area contributed by atoms with E-state index in [4.69, 9.17) is 4.43 Å². The molecule has 27 heavy (non-hydrogen) atoms. The monoisotopic (exact) mass is 393 g/mol. The molecule has 140 valence electrons. The lowest BCUT2D eigenvalue weighted by atomic mass is 10.1. The van der Waals surface area contributed by atoms with Gasteiger partial charge in [0.05, 0.1) is 0 Å². The number of fused-ring (bicyclic) bond motifs is 1. The Kier molecular flexibility index (Phi) is 4.97. The van der Waals surface area contributed by atoms with Crippen LogP contribution in [0.3, 0.4) is 0 Å². The molecular formula is C23H27NOSSi. The number of benzene rings is 2. The van der Waals surface area contributed by atoms with Gasteiger partial charge in [-0.3, -0.25) is 0 Å². The van der Waals surface area contributed by atoms with Crippen LogP contribution in [0.5, 0.6) is 5.06 Å². The van der Waals surface area contributed by atoms with Crippen molar-refractivity contribution < 1.29 is 4.43 Å². The van der Waals surface area contributed by atoms with E-state index in [-0.39, 0.29) is 5.04 Å². The molecule has 1 aliphatic heterocycles. The van der Waals surface area contributed by atoms with Crippen molar-refractivity contribution in [3.63, 3.8) is 0 Å². The number of hydrogen-bond acceptors (Lipinski definition) is 3. The highest BCUT2D eigenvalue weighted by atomic mass is 32.1. The molecule has 0 saturated heterocycles. The summed E-state index contributed by atoms with van der Waals surface area (Å²) in [7, 11) is -2.51. The molecule has 0 unspecified atom stereocenters. The molecule has 0 saturated carbocycles. The van der Waals surface area contributed by atoms with Crippen molar-refractivity contribution in [2.45, 2.75) is 38.8 Å². The molecule has 1 aliphatic rings. The molecule has 4 rings (SSSR count). The summed E-state index contributed by atoms with van der Waals surface area (Å²) in [6, 6.07) is 24.0. The van der Waals surface area contributed by atoms with Crippen molar-refractivity contribution in [3.05, 3.63) is 77.2 Å². The molecule has 0 aliphatic carbocycles. The Hall–Kier alpha value is -1.88. The maximum atomic E-state index is 7.12. The van der Waals surface area contributed by atoms with Gasteiger partial charge in [-0.25, -0.2) is 0 Å². The van der Waals surface area contributed by atoms with Gasteiger partial charge in [-0.05, 0) is 33.5 Å². The molecule has 0 atom stereocenters. The summed E-state index contributed by atoms with van der Waals surface area (Å²) >= 11 is 1.84. The molecule has 0 radical (unpaired) electrons. The second-order valence-electron chi connectivity index (χ2n) is 8.21. The van der Waals surface area contributed by atoms with Crippen LogP contribution >= 0.6 is 11.3 Å². The van der Waals surface area contributed by atoms with Crippen molar-refractivity contribution in [2.24, 2.45) is 0 Å². The lowest BCUT2D eigenvalue weighted by Crippen LogP contribution is -2.68. The number of rotatable bonds is 4. The fraction of sp³-hybridized carbons (Fsp3) is 0.304. The minimum Gasteiger partial charge on any atom is -0.527 e. The fourth-order valence-electron chi connectivity index (χ4n) is 4.08. The predicted molar refractivity (Wildman–Crippen MR) is 118 cm³/mol. The predicted octanol–water partition coefficient (Wildman–Crippen LogP) is 4.33. The van der Waals surface area contributed by atoms with Crippen LogP contribution in [0.25, 0.3) is 0 Å². The van der Waals surface area contributed by atoms with Crippen LogP contribution in [0.4, 0.5) is 0 Å². The first kappa shape index (κ1) is 18.5. The zero-order valence-corrected chi connectivity index (χ0v) is 18.1. The van der Waals surface area contributed by atoms with E-state index in [9.17, 15) is 0 Å². The van der Waals surface area contributed by atoms with Gasteiger partial charge in [-0.1, -0.05) is 81.4 Å². The van der Waals surface area contributed by atoms with E-state index < -0.39 is 8.32 Å². The zero-order chi connectivity index (χ0) is 18.9. The highest BCUT2D eigenvalue weighted by molar-refractivity contribution is 7.15. The first-order chi connectivity index (χ1) is 13.0. The zero-order valence-electron chi connectivity index (χ0n) is 16.3. The third-order valence-electron chi connectivity index (χ3n) is 5.39. The summed E-state index contributed by atoms with van der Waals surface area (Å²) in [5, 5.41) is 7.19. The second kappa shape index (κ2) is 7.27. The third kappa shape index (κ3) is 3.38. The van der Waals surface area contributed by atoms with Gasteiger partial charge in [-0.2, -0.15) is 0 Å². The van der Waals surface area contributed by atoms with Crippen molar-refractivity contribution in [2.75, 3.05) is 6.54 Å². The van der Waals surface area contributed by atoms with Gasteiger partial charge in [0, 0.05) is 18.0 Å². The van der Waals surface area contributed by atoms with Crippen LogP contribution in [0, 0.1) is 0 Å². The average molecular weight is 394 g/mol. The smallest absolute Gasteiger partial charge is 0.321 e. The quantitative estimate of drug-likeness (QED) is 0.666. The lowest BCUT2D eigenvalue weighted by molar-refractivity contribution is 0.518. The third-order valence-corrected chi connectivity index (χ3v) is 11.6. The first-order valence-electron chi connectivity index (χ1n) is 9.63. The summed E-state index contributed by atoms with van der Waals surface area (Å²) in [5.41, 5.74) is 1.40. The lowest BCUT2D eigenvalue weighted by Gasteiger charge is -2.42. The molecule has 0 bridgehead atoms. The van der Waals surface area contributed by atoms with Gasteiger partial charge in [0.25, 0.3) is 0 Å². The molecule has 0 spiro atoms. The van der Waals surface area contributed by atoms with Gasteiger partial charge in [0.1, 0.15) is 0 Å². The molecule has 2 heterocycles. The minimum absolute atomic E-state index is 0.00154. The van der Waals surface area contributed by atoms with E-state index in [2.05, 4.69) is 92.8 Å². The van der Waals surface area contributed by atoms with Gasteiger partial charge >= 0.3 is 8.32 Å². The van der Waals surface area contributed by atoms with E-state index in [1.807, 2.05) is 11.3 Å². The highest BCUT2D eigenvalue weighted by Gasteiger charge is 2.52. The molecule has 4 heteroatoms. The SMILES string of the molecule is CC(C)(C)[Si](Oc1cc2c(s1)CCNC2)(c1ccccc1)c1ccccc1. The fourth-order valence-corrected chi connectivity index (χ4v) is 9.82. The Morgan fingerprint density at radius 1 is 0.926 bits per heavy atom. The van der Waals surface area contributed by atoms with Crippen molar-refractivity contribution in [3.8, 4) is 5.06 Å². The number of nitrogens with one attached hydrogen (secondary N) is 1. The normalized spacial score (nSPS) is 14.6. The summed E-state index contributed by atoms with van der Waals surface area (Å²) in [6.45, 7) is 9.00. The Morgan fingerprint density at radius 2 is 1.52 bits per heavy atom. The Morgan fingerprint density at radius 3 is 2.04 bits per heavy atom. The van der Waals surface area contributed by atoms with Gasteiger partial charge < -0.3 is 9.74 Å². The highest BCUT2D eigenvalue weighted by Crippen LogP contribution is 2.40. The first-order valence-corrected chi connectivity index (χ1v) is 12.4. The van der Waals surface area contributed by atoms with Crippen molar-refractivity contribution >= 4 is 30.0 Å². The van der Waals surface area contributed by atoms with E-state index >= 15 is 0 Å². The van der Waals surface area contributed by atoms with Crippen molar-refractivity contribution in [1.29, 1.82) is 0 Å². The Labute approximate surface area is 167 Å². The number of hydrogen-bond donors (Lipinski definition) is 1. The summed E-state index contributed by atoms with van der Waals surface area (Å²) in [6.07, 6.45) is 1.10. The van der Waals surface area contributed by atoms with Crippen LogP contribution in [0.1, 0.15) is 31.2 Å². The maximum Gasteiger partial charge on any atom is 0.321 e. The van der Waals surface area contributed by atoms with Crippen LogP contribution in [-0.4, -0.2) is 14.9 Å². The Balaban J connectivity index is 1.88. The van der Waals surface area contributed by atoms with Gasteiger partial charge in [0.2, 0.25) is 0 Å². The maximum absolute atomic E-state index is 7.12. The summed E-state index contributed by atoms with van der Waals surface area (Å²) in [5.74, 6) is 0. The van der Waals surface area contributed by atoms with E-state index in [0.29, 0.717) is 0 Å². The van der Waals surface area contributed by atoms with Crippen LogP contribution < -0.4 is 20.1 Å². The van der Waals surface area contributed by atoms with Crippen LogP contribution in [0.15, 0.2) is 66.7 Å². The summed E-state index contributed by atoms with van der Waals surface area (Å²) < 4.78 is 7.12. The van der Waals surface area contributed by atoms with Crippen LogP contribution in [-0.2, 0) is 13.0 Å². The molecule has 1 aromatic heterocycles. The largest absolute Gasteiger partial charge is 0.527 e. The van der Waals surface area contributed by atoms with E-state index in [1.165, 1.54) is 20.8 Å². The second-order valence-corrected chi connectivity index (χ2v) is 13.5. The topological polar surface area (TPSA) is 21.3 Å². The molecule has 3 aromatic rings. The standard InChI is InChI=1S/C23H27NOSSi/c1-23(2,3)27(19-10-6-4-7-11-19,20-12-8-5-9-13-20)25-22-16-18-17-24-15-14-21(18)26-22/h4-13,16,24H,14-15,17H2,1-3H3. The van der Waals surface area contributed by atoms with Gasteiger partial charge in [0.15, 0.2) is 5.06 Å². The van der Waals surface area contributed by atoms with Gasteiger partial charge in [-0.15, -0.1) is 11.3 Å². The Bertz CT molecular complexity index is 836. The molecule has 2 nitrogen and oxygen atoms in total. The minimum atomic E-state index is -2.51. The van der Waals surface area contributed by atoms with Crippen LogP contribution in [0.2, 0.25) is 5.04 Å². The average Bonchev–Trinajstić information content (AvgIpc) is 3.09. The molecule has 2 aromatic carbocycles. The summed E-state index contributed by atoms with van der Waals surface area (Å²) in [4.78, 5) is 1.47. The van der Waals surface area contributed by atoms with E-state index in [1.54, 1.807) is 0 Å². The molecule has 0 fully saturated rings.